The standard InChI is InChI=1S/2C7H6O2.C2H4O2.Ti/c2*8-5-6-3-1-2-4-7(6)9;3-1-2-4;/h2*1-5,9H;1-2H2;/q;;-2;+4/p-2. The Kier molecular flexibility index (Phi) is 15.1. The van der Waals surface area contributed by atoms with Crippen LogP contribution in [0.3, 0.4) is 0 Å². The number of carbonyl (C=O) groups is 2. The topological polar surface area (TPSA) is 126 Å². The molecule has 0 amide bonds. The van der Waals surface area contributed by atoms with Crippen LogP contribution in [0.5, 0.6) is 11.5 Å². The van der Waals surface area contributed by atoms with Gasteiger partial charge in [-0.05, 0) is 0 Å². The predicted molar refractivity (Wildman–Crippen MR) is 72.3 cm³/mol. The second-order valence-corrected chi connectivity index (χ2v) is 3.72. The Morgan fingerprint density at radius 2 is 1.00 bits per heavy atom. The average Bonchev–Trinajstić information content (AvgIpc) is 2.56. The summed E-state index contributed by atoms with van der Waals surface area (Å²) >= 11 is 0. The summed E-state index contributed by atoms with van der Waals surface area (Å²) < 4.78 is 0. The van der Waals surface area contributed by atoms with Crippen molar-refractivity contribution in [2.24, 2.45) is 0 Å². The molecule has 118 valence electrons. The molecule has 0 fully saturated rings. The van der Waals surface area contributed by atoms with Gasteiger partial charge in [-0.15, -0.1) is 0 Å². The molecular formula is C16H14O6Ti. The number of hydrogen-bond donors (Lipinski definition) is 0. The maximum Gasteiger partial charge on any atom is 4.00 e. The number of para-hydroxylation sites is 2. The summed E-state index contributed by atoms with van der Waals surface area (Å²) in [6.07, 6.45) is 1.12. The molecule has 0 atom stereocenters. The predicted octanol–water partition coefficient (Wildman–Crippen LogP) is -1.15. The van der Waals surface area contributed by atoms with E-state index in [0.717, 1.165) is 0 Å². The molecule has 6 nitrogen and oxygen atoms in total. The molecule has 0 aliphatic carbocycles. The average molecular weight is 350 g/mol. The molecule has 2 aromatic carbocycles. The summed E-state index contributed by atoms with van der Waals surface area (Å²) in [5.74, 6) is -0.431. The van der Waals surface area contributed by atoms with E-state index < -0.39 is 13.2 Å². The molecule has 0 aromatic heterocycles. The molecule has 0 N–H and O–H groups in total. The molecule has 2 aromatic rings. The van der Waals surface area contributed by atoms with E-state index in [-0.39, 0.29) is 44.3 Å². The zero-order valence-electron chi connectivity index (χ0n) is 12.1. The molecule has 0 saturated heterocycles. The van der Waals surface area contributed by atoms with Gasteiger partial charge >= 0.3 is 21.7 Å². The normalized spacial score (nSPS) is 8.26. The van der Waals surface area contributed by atoms with Crippen LogP contribution >= 0.6 is 0 Å². The Hall–Kier alpha value is -1.99. The second kappa shape index (κ2) is 14.9. The Balaban J connectivity index is 0. The van der Waals surface area contributed by atoms with Crippen molar-refractivity contribution in [1.82, 2.24) is 0 Å². The molecule has 0 unspecified atom stereocenters. The molecule has 0 aliphatic rings. The maximum atomic E-state index is 10.6. The van der Waals surface area contributed by atoms with Crippen molar-refractivity contribution >= 4 is 12.6 Å². The minimum absolute atomic E-state index is 0. The van der Waals surface area contributed by atoms with Crippen molar-refractivity contribution in [3.63, 3.8) is 0 Å². The summed E-state index contributed by atoms with van der Waals surface area (Å²) in [6, 6.07) is 12.2. The molecule has 0 aliphatic heterocycles. The Morgan fingerprint density at radius 1 is 0.696 bits per heavy atom. The Morgan fingerprint density at radius 3 is 1.17 bits per heavy atom. The van der Waals surface area contributed by atoms with Crippen molar-refractivity contribution in [3.05, 3.63) is 59.7 Å². The third-order valence-electron chi connectivity index (χ3n) is 2.18. The Bertz CT molecular complexity index is 523. The van der Waals surface area contributed by atoms with Gasteiger partial charge in [-0.1, -0.05) is 60.0 Å². The van der Waals surface area contributed by atoms with Crippen LogP contribution in [0.2, 0.25) is 0 Å². The fourth-order valence-corrected chi connectivity index (χ4v) is 1.16. The summed E-state index contributed by atoms with van der Waals surface area (Å²) in [5.41, 5.74) is 0.440. The van der Waals surface area contributed by atoms with Crippen LogP contribution in [0.25, 0.3) is 0 Å². The van der Waals surface area contributed by atoms with Crippen LogP contribution in [0.1, 0.15) is 20.7 Å². The van der Waals surface area contributed by atoms with Crippen molar-refractivity contribution in [1.29, 1.82) is 0 Å². The first-order valence-corrected chi connectivity index (χ1v) is 6.19. The quantitative estimate of drug-likeness (QED) is 0.508. The smallest absolute Gasteiger partial charge is 0.872 e. The van der Waals surface area contributed by atoms with E-state index in [0.29, 0.717) is 12.6 Å². The SMILES string of the molecule is O=Cc1ccccc1[O-].O=Cc1ccccc1[O-].[O-]CC[O-].[Ti+4]. The van der Waals surface area contributed by atoms with Gasteiger partial charge in [0.25, 0.3) is 0 Å². The van der Waals surface area contributed by atoms with E-state index in [1.54, 1.807) is 24.3 Å². The molecular weight excluding hydrogens is 336 g/mol. The monoisotopic (exact) mass is 350 g/mol. The first kappa shape index (κ1) is 23.3. The molecule has 0 saturated carbocycles. The van der Waals surface area contributed by atoms with Crippen molar-refractivity contribution < 1.29 is 51.7 Å². The maximum absolute atomic E-state index is 10.6. The van der Waals surface area contributed by atoms with Crippen LogP contribution in [0.4, 0.5) is 0 Å². The third kappa shape index (κ3) is 10.4. The zero-order valence-corrected chi connectivity index (χ0v) is 13.7. The fourth-order valence-electron chi connectivity index (χ4n) is 1.16. The van der Waals surface area contributed by atoms with Gasteiger partial charge in [-0.2, -0.15) is 13.2 Å². The molecule has 23 heavy (non-hydrogen) atoms. The van der Waals surface area contributed by atoms with Gasteiger partial charge in [0, 0.05) is 11.1 Å². The zero-order chi connectivity index (χ0) is 16.8. The van der Waals surface area contributed by atoms with Gasteiger partial charge in [-0.3, -0.25) is 9.59 Å². The van der Waals surface area contributed by atoms with E-state index in [9.17, 15) is 19.8 Å². The first-order valence-electron chi connectivity index (χ1n) is 6.19. The number of rotatable bonds is 3. The molecule has 0 heterocycles. The van der Waals surface area contributed by atoms with E-state index >= 15 is 0 Å². The van der Waals surface area contributed by atoms with Gasteiger partial charge in [0.05, 0.1) is 0 Å². The molecule has 7 heteroatoms. The largest absolute Gasteiger partial charge is 4.00 e. The number of aldehydes is 2. The third-order valence-corrected chi connectivity index (χ3v) is 2.18. The second-order valence-electron chi connectivity index (χ2n) is 3.72. The van der Waals surface area contributed by atoms with E-state index in [1.165, 1.54) is 24.3 Å². The van der Waals surface area contributed by atoms with Crippen molar-refractivity contribution in [2.75, 3.05) is 13.2 Å². The van der Waals surface area contributed by atoms with Crippen molar-refractivity contribution in [3.8, 4) is 11.5 Å². The van der Waals surface area contributed by atoms with Crippen LogP contribution in [0, 0.1) is 0 Å². The van der Waals surface area contributed by atoms with Gasteiger partial charge in [-0.25, -0.2) is 0 Å². The van der Waals surface area contributed by atoms with Crippen LogP contribution in [0.15, 0.2) is 48.5 Å². The molecule has 2 rings (SSSR count). The van der Waals surface area contributed by atoms with E-state index in [4.69, 9.17) is 10.2 Å². The summed E-state index contributed by atoms with van der Waals surface area (Å²) in [6.45, 7) is -0.972. The van der Waals surface area contributed by atoms with Gasteiger partial charge in [0.2, 0.25) is 0 Å². The van der Waals surface area contributed by atoms with Crippen LogP contribution in [-0.4, -0.2) is 25.8 Å². The minimum Gasteiger partial charge on any atom is -0.872 e. The summed E-state index contributed by atoms with van der Waals surface area (Å²) in [7, 11) is 0. The minimum atomic E-state index is -0.486. The molecule has 0 radical (unpaired) electrons. The van der Waals surface area contributed by atoms with Crippen LogP contribution < -0.4 is 20.4 Å². The molecule has 0 bridgehead atoms. The number of hydrogen-bond acceptors (Lipinski definition) is 6. The fraction of sp³-hybridized carbons (Fsp3) is 0.125. The van der Waals surface area contributed by atoms with Gasteiger partial charge < -0.3 is 20.4 Å². The van der Waals surface area contributed by atoms with Crippen molar-refractivity contribution in [2.45, 2.75) is 0 Å². The van der Waals surface area contributed by atoms with Crippen LogP contribution in [-0.2, 0) is 21.7 Å². The van der Waals surface area contributed by atoms with Gasteiger partial charge in [0.1, 0.15) is 12.6 Å². The molecule has 0 spiro atoms. The van der Waals surface area contributed by atoms with E-state index in [1.807, 2.05) is 0 Å². The summed E-state index contributed by atoms with van der Waals surface area (Å²) in [4.78, 5) is 20.1. The Labute approximate surface area is 148 Å². The van der Waals surface area contributed by atoms with E-state index in [2.05, 4.69) is 0 Å². The first-order chi connectivity index (χ1) is 10.6. The van der Waals surface area contributed by atoms with Gasteiger partial charge in [0.15, 0.2) is 0 Å². The number of carbonyl (C=O) groups excluding carboxylic acids is 2. The number of benzene rings is 2. The summed E-state index contributed by atoms with van der Waals surface area (Å²) in [5, 5.41) is 39.2.